The molecule has 1 aromatic carbocycles. The molecule has 2 aromatic rings. The Morgan fingerprint density at radius 2 is 2.08 bits per heavy atom. The molecule has 1 fully saturated rings. The van der Waals surface area contributed by atoms with Crippen LogP contribution in [0.1, 0.15) is 29.4 Å². The fourth-order valence-corrected chi connectivity index (χ4v) is 3.00. The monoisotopic (exact) mass is 327 g/mol. The van der Waals surface area contributed by atoms with E-state index in [1.807, 2.05) is 37.3 Å². The summed E-state index contributed by atoms with van der Waals surface area (Å²) in [5.74, 6) is -0.0480. The Hall–Kier alpha value is -1.98. The van der Waals surface area contributed by atoms with E-state index in [1.165, 1.54) is 0 Å². The molecule has 24 heavy (non-hydrogen) atoms. The summed E-state index contributed by atoms with van der Waals surface area (Å²) in [7, 11) is 0. The topological polar surface area (TPSA) is 54.5 Å². The molecule has 0 bridgehead atoms. The number of nitrogens with one attached hydrogen (secondary N) is 1. The molecule has 1 aliphatic rings. The average molecular weight is 327 g/mol. The Balaban J connectivity index is 1.63. The summed E-state index contributed by atoms with van der Waals surface area (Å²) >= 11 is 0. The summed E-state index contributed by atoms with van der Waals surface area (Å²) in [6.45, 7) is 8.56. The molecule has 1 N–H and O–H groups in total. The van der Waals surface area contributed by atoms with Crippen molar-refractivity contribution in [2.24, 2.45) is 0 Å². The number of para-hydroxylation sites is 1. The van der Waals surface area contributed by atoms with Crippen molar-refractivity contribution in [3.8, 4) is 0 Å². The average Bonchev–Trinajstić information content (AvgIpc) is 2.60. The third-order valence-corrected chi connectivity index (χ3v) is 4.46. The SMILES string of the molecule is Cc1ccc2cccc(C(=O)NC(C)CCN3CCOCC3)c2n1. The Labute approximate surface area is 143 Å². The van der Waals surface area contributed by atoms with Crippen LogP contribution in [0.15, 0.2) is 30.3 Å². The molecule has 1 atom stereocenters. The summed E-state index contributed by atoms with van der Waals surface area (Å²) in [6, 6.07) is 9.84. The normalized spacial score (nSPS) is 16.9. The van der Waals surface area contributed by atoms with Crippen molar-refractivity contribution in [1.29, 1.82) is 0 Å². The maximum absolute atomic E-state index is 12.6. The summed E-state index contributed by atoms with van der Waals surface area (Å²) in [6.07, 6.45) is 0.933. The molecule has 0 radical (unpaired) electrons. The van der Waals surface area contributed by atoms with E-state index < -0.39 is 0 Å². The third kappa shape index (κ3) is 4.10. The molecule has 5 nitrogen and oxygen atoms in total. The molecule has 128 valence electrons. The number of fused-ring (bicyclic) bond motifs is 1. The number of hydrogen-bond donors (Lipinski definition) is 1. The first-order chi connectivity index (χ1) is 11.6. The zero-order valence-electron chi connectivity index (χ0n) is 14.4. The van der Waals surface area contributed by atoms with Crippen LogP contribution in [0.5, 0.6) is 0 Å². The van der Waals surface area contributed by atoms with E-state index in [-0.39, 0.29) is 11.9 Å². The number of aromatic nitrogens is 1. The van der Waals surface area contributed by atoms with Gasteiger partial charge in [-0.15, -0.1) is 0 Å². The second kappa shape index (κ2) is 7.73. The number of benzene rings is 1. The van der Waals surface area contributed by atoms with Crippen molar-refractivity contribution in [1.82, 2.24) is 15.2 Å². The van der Waals surface area contributed by atoms with Crippen LogP contribution >= 0.6 is 0 Å². The maximum Gasteiger partial charge on any atom is 0.253 e. The minimum absolute atomic E-state index is 0.0480. The van der Waals surface area contributed by atoms with Gasteiger partial charge in [-0.1, -0.05) is 18.2 Å². The van der Waals surface area contributed by atoms with Gasteiger partial charge in [0, 0.05) is 36.8 Å². The van der Waals surface area contributed by atoms with Gasteiger partial charge < -0.3 is 10.1 Å². The molecule has 1 saturated heterocycles. The van der Waals surface area contributed by atoms with Crippen LogP contribution in [0.4, 0.5) is 0 Å². The quantitative estimate of drug-likeness (QED) is 0.916. The number of rotatable bonds is 5. The lowest BCUT2D eigenvalue weighted by atomic mass is 10.1. The van der Waals surface area contributed by atoms with E-state index in [9.17, 15) is 4.79 Å². The molecular formula is C19H25N3O2. The highest BCUT2D eigenvalue weighted by molar-refractivity contribution is 6.05. The second-order valence-electron chi connectivity index (χ2n) is 6.45. The highest BCUT2D eigenvalue weighted by Crippen LogP contribution is 2.17. The smallest absolute Gasteiger partial charge is 0.253 e. The Bertz CT molecular complexity index is 711. The van der Waals surface area contributed by atoms with E-state index in [0.29, 0.717) is 5.56 Å². The predicted molar refractivity (Wildman–Crippen MR) is 95.3 cm³/mol. The largest absolute Gasteiger partial charge is 0.379 e. The third-order valence-electron chi connectivity index (χ3n) is 4.46. The van der Waals surface area contributed by atoms with Crippen LogP contribution < -0.4 is 5.32 Å². The molecule has 0 aliphatic carbocycles. The van der Waals surface area contributed by atoms with Gasteiger partial charge in [0.15, 0.2) is 0 Å². The first-order valence-corrected chi connectivity index (χ1v) is 8.61. The molecular weight excluding hydrogens is 302 g/mol. The van der Waals surface area contributed by atoms with E-state index in [4.69, 9.17) is 4.74 Å². The minimum atomic E-state index is -0.0480. The van der Waals surface area contributed by atoms with Crippen molar-refractivity contribution < 1.29 is 9.53 Å². The molecule has 1 aliphatic heterocycles. The number of morpholine rings is 1. The molecule has 0 spiro atoms. The molecule has 0 saturated carbocycles. The lowest BCUT2D eigenvalue weighted by Crippen LogP contribution is -2.40. The highest BCUT2D eigenvalue weighted by Gasteiger charge is 2.16. The summed E-state index contributed by atoms with van der Waals surface area (Å²) in [5.41, 5.74) is 2.34. The van der Waals surface area contributed by atoms with Gasteiger partial charge in [-0.2, -0.15) is 0 Å². The van der Waals surface area contributed by atoms with Crippen molar-refractivity contribution in [2.45, 2.75) is 26.3 Å². The molecule has 1 amide bonds. The summed E-state index contributed by atoms with van der Waals surface area (Å²) in [5, 5.41) is 4.11. The Morgan fingerprint density at radius 1 is 1.29 bits per heavy atom. The highest BCUT2D eigenvalue weighted by atomic mass is 16.5. The first kappa shape index (κ1) is 16.9. The van der Waals surface area contributed by atoms with Crippen molar-refractivity contribution in [3.63, 3.8) is 0 Å². The standard InChI is InChI=1S/C19H25N3O2/c1-14-6-7-16-4-3-5-17(18(16)20-14)19(23)21-15(2)8-9-22-10-12-24-13-11-22/h3-7,15H,8-13H2,1-2H3,(H,21,23). The van der Waals surface area contributed by atoms with Crippen LogP contribution in [0.3, 0.4) is 0 Å². The number of pyridine rings is 1. The van der Waals surface area contributed by atoms with Gasteiger partial charge in [-0.25, -0.2) is 0 Å². The second-order valence-corrected chi connectivity index (χ2v) is 6.45. The van der Waals surface area contributed by atoms with Gasteiger partial charge in [0.2, 0.25) is 0 Å². The van der Waals surface area contributed by atoms with E-state index in [1.54, 1.807) is 0 Å². The zero-order chi connectivity index (χ0) is 16.9. The first-order valence-electron chi connectivity index (χ1n) is 8.61. The van der Waals surface area contributed by atoms with Gasteiger partial charge in [0.25, 0.3) is 5.91 Å². The lowest BCUT2D eigenvalue weighted by molar-refractivity contribution is 0.0363. The maximum atomic E-state index is 12.6. The number of carbonyl (C=O) groups excluding carboxylic acids is 1. The molecule has 1 unspecified atom stereocenters. The number of nitrogens with zero attached hydrogens (tertiary/aromatic N) is 2. The van der Waals surface area contributed by atoms with Crippen molar-refractivity contribution >= 4 is 16.8 Å². The van der Waals surface area contributed by atoms with Gasteiger partial charge >= 0.3 is 0 Å². The van der Waals surface area contributed by atoms with Gasteiger partial charge in [0.05, 0.1) is 24.3 Å². The predicted octanol–water partition coefficient (Wildman–Crippen LogP) is 2.38. The van der Waals surface area contributed by atoms with Crippen LogP contribution in [0.2, 0.25) is 0 Å². The van der Waals surface area contributed by atoms with Gasteiger partial charge in [-0.05, 0) is 32.4 Å². The van der Waals surface area contributed by atoms with Gasteiger partial charge in [-0.3, -0.25) is 14.7 Å². The Kier molecular flexibility index (Phi) is 5.43. The number of carbonyl (C=O) groups is 1. The van der Waals surface area contributed by atoms with Crippen LogP contribution in [-0.2, 0) is 4.74 Å². The fraction of sp³-hybridized carbons (Fsp3) is 0.474. The summed E-state index contributed by atoms with van der Waals surface area (Å²) in [4.78, 5) is 19.6. The number of amides is 1. The van der Waals surface area contributed by atoms with Gasteiger partial charge in [0.1, 0.15) is 0 Å². The zero-order valence-corrected chi connectivity index (χ0v) is 14.4. The van der Waals surface area contributed by atoms with E-state index in [0.717, 1.165) is 55.9 Å². The number of hydrogen-bond acceptors (Lipinski definition) is 4. The number of aryl methyl sites for hydroxylation is 1. The van der Waals surface area contributed by atoms with E-state index >= 15 is 0 Å². The van der Waals surface area contributed by atoms with E-state index in [2.05, 4.69) is 22.1 Å². The van der Waals surface area contributed by atoms with Crippen LogP contribution in [0, 0.1) is 6.92 Å². The minimum Gasteiger partial charge on any atom is -0.379 e. The summed E-state index contributed by atoms with van der Waals surface area (Å²) < 4.78 is 5.36. The Morgan fingerprint density at radius 3 is 2.88 bits per heavy atom. The molecule has 3 rings (SSSR count). The lowest BCUT2D eigenvalue weighted by Gasteiger charge is -2.27. The number of ether oxygens (including phenoxy) is 1. The fourth-order valence-electron chi connectivity index (χ4n) is 3.00. The molecule has 5 heteroatoms. The van der Waals surface area contributed by atoms with Crippen LogP contribution in [0.25, 0.3) is 10.9 Å². The molecule has 1 aromatic heterocycles. The van der Waals surface area contributed by atoms with Crippen LogP contribution in [-0.4, -0.2) is 54.7 Å². The van der Waals surface area contributed by atoms with Crippen molar-refractivity contribution in [2.75, 3.05) is 32.8 Å². The molecule has 2 heterocycles. The van der Waals surface area contributed by atoms with Crippen molar-refractivity contribution in [3.05, 3.63) is 41.6 Å².